The first kappa shape index (κ1) is 28.7. The van der Waals surface area contributed by atoms with E-state index >= 15 is 0 Å². The molecule has 0 aliphatic rings. The summed E-state index contributed by atoms with van der Waals surface area (Å²) in [6, 6.07) is 0. The van der Waals surface area contributed by atoms with E-state index in [0.717, 1.165) is 19.3 Å². The summed E-state index contributed by atoms with van der Waals surface area (Å²) < 4.78 is 34.1. The summed E-state index contributed by atoms with van der Waals surface area (Å²) in [5.74, 6) is 0. The van der Waals surface area contributed by atoms with Crippen LogP contribution in [0.1, 0.15) is 110 Å². The number of hydrogen-bond acceptors (Lipinski definition) is 4. The van der Waals surface area contributed by atoms with Crippen molar-refractivity contribution < 1.29 is 69.5 Å². The standard InChI is InChI=1S/C19H40O4S.K/c1-3-5-6-7-8-9-10-11-12-13-16-19(24(21,22)23)17-14-15-18(20)4-2;/h18-20H,3-17H2,1-2H3,(H,21,22,23);/q;+1/p-1. The quantitative estimate of drug-likeness (QED) is 0.230. The Hall–Kier alpha value is 1.51. The molecule has 0 radical (unpaired) electrons. The van der Waals surface area contributed by atoms with Gasteiger partial charge in [-0.3, -0.25) is 0 Å². The predicted octanol–water partition coefficient (Wildman–Crippen LogP) is 2.16. The van der Waals surface area contributed by atoms with Gasteiger partial charge in [-0.25, -0.2) is 8.42 Å². The van der Waals surface area contributed by atoms with Crippen molar-refractivity contribution in [1.82, 2.24) is 0 Å². The molecule has 0 saturated heterocycles. The van der Waals surface area contributed by atoms with Crippen LogP contribution in [0.15, 0.2) is 0 Å². The monoisotopic (exact) mass is 402 g/mol. The SMILES string of the molecule is CCCCCCCCCCCCC(CCCC(O)CC)S(=O)(=O)[O-].[K+]. The maximum atomic E-state index is 11.4. The van der Waals surface area contributed by atoms with Crippen molar-refractivity contribution in [3.05, 3.63) is 0 Å². The minimum absolute atomic E-state index is 0. The van der Waals surface area contributed by atoms with Gasteiger partial charge in [-0.2, -0.15) is 0 Å². The van der Waals surface area contributed by atoms with Gasteiger partial charge in [-0.05, 0) is 32.1 Å². The van der Waals surface area contributed by atoms with Crippen molar-refractivity contribution in [1.29, 1.82) is 0 Å². The molecule has 4 nitrogen and oxygen atoms in total. The van der Waals surface area contributed by atoms with Crippen LogP contribution in [-0.4, -0.2) is 29.4 Å². The molecule has 0 aliphatic heterocycles. The second-order valence-electron chi connectivity index (χ2n) is 7.08. The van der Waals surface area contributed by atoms with Gasteiger partial charge in [0.05, 0.1) is 16.2 Å². The second kappa shape index (κ2) is 18.9. The molecular weight excluding hydrogens is 363 g/mol. The van der Waals surface area contributed by atoms with Gasteiger partial charge in [0.25, 0.3) is 0 Å². The van der Waals surface area contributed by atoms with Gasteiger partial charge in [0.15, 0.2) is 0 Å². The molecule has 0 heterocycles. The Morgan fingerprint density at radius 1 is 0.760 bits per heavy atom. The number of hydrogen-bond donors (Lipinski definition) is 1. The Balaban J connectivity index is 0. The summed E-state index contributed by atoms with van der Waals surface area (Å²) in [5.41, 5.74) is 0. The third kappa shape index (κ3) is 18.6. The summed E-state index contributed by atoms with van der Waals surface area (Å²) in [5, 5.41) is 8.74. The summed E-state index contributed by atoms with van der Waals surface area (Å²) in [4.78, 5) is 0. The van der Waals surface area contributed by atoms with E-state index in [2.05, 4.69) is 6.92 Å². The first-order valence-electron chi connectivity index (χ1n) is 10.0. The van der Waals surface area contributed by atoms with Gasteiger partial charge in [0.2, 0.25) is 0 Å². The Kier molecular flexibility index (Phi) is 21.7. The zero-order chi connectivity index (χ0) is 18.3. The van der Waals surface area contributed by atoms with Crippen LogP contribution in [0.3, 0.4) is 0 Å². The Bertz CT molecular complexity index is 374. The van der Waals surface area contributed by atoms with Crippen LogP contribution in [0, 0.1) is 0 Å². The van der Waals surface area contributed by atoms with Crippen LogP contribution < -0.4 is 51.4 Å². The van der Waals surface area contributed by atoms with Crippen LogP contribution >= 0.6 is 0 Å². The van der Waals surface area contributed by atoms with Crippen molar-refractivity contribution in [3.8, 4) is 0 Å². The molecule has 0 fully saturated rings. The molecule has 0 rings (SSSR count). The number of aliphatic hydroxyl groups excluding tert-OH is 1. The molecule has 0 aromatic heterocycles. The van der Waals surface area contributed by atoms with Gasteiger partial charge in [-0.1, -0.05) is 78.1 Å². The second-order valence-corrected chi connectivity index (χ2v) is 8.73. The molecule has 0 aromatic rings. The maximum absolute atomic E-state index is 11.4. The van der Waals surface area contributed by atoms with Gasteiger partial charge < -0.3 is 9.66 Å². The molecule has 0 aromatic carbocycles. The minimum atomic E-state index is -4.21. The van der Waals surface area contributed by atoms with E-state index < -0.39 is 15.4 Å². The zero-order valence-corrected chi connectivity index (χ0v) is 20.8. The third-order valence-corrected chi connectivity index (χ3v) is 6.11. The molecule has 6 heteroatoms. The number of rotatable bonds is 17. The minimum Gasteiger partial charge on any atom is -0.748 e. The summed E-state index contributed by atoms with van der Waals surface area (Å²) in [6.07, 6.45) is 14.4. The van der Waals surface area contributed by atoms with E-state index in [1.54, 1.807) is 0 Å². The van der Waals surface area contributed by atoms with Crippen LogP contribution in [0.25, 0.3) is 0 Å². The molecule has 0 saturated carbocycles. The summed E-state index contributed by atoms with van der Waals surface area (Å²) in [7, 11) is -4.21. The average Bonchev–Trinajstić information content (AvgIpc) is 2.53. The fraction of sp³-hybridized carbons (Fsp3) is 1.00. The van der Waals surface area contributed by atoms with Crippen LogP contribution in [0.5, 0.6) is 0 Å². The topological polar surface area (TPSA) is 77.4 Å². The maximum Gasteiger partial charge on any atom is 1.00 e. The van der Waals surface area contributed by atoms with E-state index in [1.165, 1.54) is 44.9 Å². The molecule has 25 heavy (non-hydrogen) atoms. The van der Waals surface area contributed by atoms with Crippen molar-refractivity contribution in [2.45, 2.75) is 122 Å². The molecule has 0 spiro atoms. The number of aliphatic hydroxyl groups is 1. The van der Waals surface area contributed by atoms with E-state index in [-0.39, 0.29) is 57.5 Å². The smallest absolute Gasteiger partial charge is 0.748 e. The van der Waals surface area contributed by atoms with Crippen molar-refractivity contribution in [3.63, 3.8) is 0 Å². The predicted molar refractivity (Wildman–Crippen MR) is 100 cm³/mol. The summed E-state index contributed by atoms with van der Waals surface area (Å²) in [6.45, 7) is 4.12. The fourth-order valence-electron chi connectivity index (χ4n) is 3.08. The molecule has 0 aliphatic carbocycles. The summed E-state index contributed by atoms with van der Waals surface area (Å²) >= 11 is 0. The molecule has 146 valence electrons. The molecule has 2 atom stereocenters. The molecule has 0 bridgehead atoms. The Labute approximate surface area is 199 Å². The van der Waals surface area contributed by atoms with Gasteiger partial charge in [0, 0.05) is 5.25 Å². The van der Waals surface area contributed by atoms with Crippen molar-refractivity contribution in [2.75, 3.05) is 0 Å². The van der Waals surface area contributed by atoms with Crippen molar-refractivity contribution >= 4 is 10.1 Å². The largest absolute Gasteiger partial charge is 1.00 e. The first-order valence-corrected chi connectivity index (χ1v) is 11.5. The molecule has 2 unspecified atom stereocenters. The van der Waals surface area contributed by atoms with Gasteiger partial charge >= 0.3 is 51.4 Å². The normalized spacial score (nSPS) is 14.1. The van der Waals surface area contributed by atoms with Gasteiger partial charge in [-0.15, -0.1) is 0 Å². The third-order valence-electron chi connectivity index (χ3n) is 4.82. The van der Waals surface area contributed by atoms with E-state index in [4.69, 9.17) is 0 Å². The molecule has 1 N–H and O–H groups in total. The number of unbranched alkanes of at least 4 members (excludes halogenated alkanes) is 9. The van der Waals surface area contributed by atoms with Crippen molar-refractivity contribution in [2.24, 2.45) is 0 Å². The Morgan fingerprint density at radius 2 is 1.20 bits per heavy atom. The van der Waals surface area contributed by atoms with E-state index in [0.29, 0.717) is 32.1 Å². The van der Waals surface area contributed by atoms with Crippen LogP contribution in [0.4, 0.5) is 0 Å². The first-order chi connectivity index (χ1) is 11.4. The average molecular weight is 403 g/mol. The zero-order valence-electron chi connectivity index (χ0n) is 16.8. The van der Waals surface area contributed by atoms with Crippen LogP contribution in [-0.2, 0) is 10.1 Å². The Morgan fingerprint density at radius 3 is 1.64 bits per heavy atom. The van der Waals surface area contributed by atoms with E-state index in [1.807, 2.05) is 6.92 Å². The molecular formula is C19H39KO4S. The molecule has 0 amide bonds. The van der Waals surface area contributed by atoms with E-state index in [9.17, 15) is 18.1 Å². The fourth-order valence-corrected chi connectivity index (χ4v) is 3.99. The van der Waals surface area contributed by atoms with Gasteiger partial charge in [0.1, 0.15) is 0 Å². The van der Waals surface area contributed by atoms with Crippen LogP contribution in [0.2, 0.25) is 0 Å².